The smallest absolute Gasteiger partial charge is 0.191 e. The van der Waals surface area contributed by atoms with Crippen LogP contribution in [0.5, 0.6) is 0 Å². The van der Waals surface area contributed by atoms with Crippen molar-refractivity contribution in [3.05, 3.63) is 17.0 Å². The first-order valence-electron chi connectivity index (χ1n) is 7.73. The third-order valence-corrected chi connectivity index (χ3v) is 4.07. The molecule has 0 amide bonds. The Kier molecular flexibility index (Phi) is 8.16. The molecule has 2 rings (SSSR count). The lowest BCUT2D eigenvalue weighted by atomic mass is 10.1. The molecule has 1 aliphatic rings. The number of nitrogens with zero attached hydrogens (tertiary/aromatic N) is 2. The lowest BCUT2D eigenvalue weighted by molar-refractivity contribution is 0.134. The molecule has 1 aromatic rings. The van der Waals surface area contributed by atoms with Gasteiger partial charge in [-0.15, -0.1) is 24.0 Å². The number of aliphatic hydroxyl groups is 1. The molecule has 1 fully saturated rings. The molecular weight excluding hydrogens is 395 g/mol. The second kappa shape index (κ2) is 9.34. The Morgan fingerprint density at radius 1 is 1.36 bits per heavy atom. The quantitative estimate of drug-likeness (QED) is 0.385. The Morgan fingerprint density at radius 2 is 2.14 bits per heavy atom. The largest absolute Gasteiger partial charge is 0.393 e. The number of aliphatic imine (C=N–C) groups is 1. The molecule has 126 valence electrons. The molecule has 0 radical (unpaired) electrons. The van der Waals surface area contributed by atoms with E-state index in [0.29, 0.717) is 12.5 Å². The van der Waals surface area contributed by atoms with Crippen LogP contribution in [0.1, 0.15) is 43.2 Å². The number of guanidine groups is 1. The fourth-order valence-corrected chi connectivity index (χ4v) is 2.71. The highest BCUT2D eigenvalue weighted by molar-refractivity contribution is 14.0. The normalized spacial score (nSPS) is 21.5. The standard InChI is InChI=1S/C15H26N4O2.HI/c1-4-16-15(17-8-12-6-5-7-14(12)20)18-9-13-10(2)19-21-11(13)3;/h12,14,20H,4-9H2,1-3H3,(H2,16,17,18);1H. The number of hydrogen-bond donors (Lipinski definition) is 3. The van der Waals surface area contributed by atoms with Crippen molar-refractivity contribution in [3.8, 4) is 0 Å². The van der Waals surface area contributed by atoms with Gasteiger partial charge in [0.25, 0.3) is 0 Å². The molecule has 3 N–H and O–H groups in total. The van der Waals surface area contributed by atoms with Gasteiger partial charge >= 0.3 is 0 Å². The molecule has 1 aliphatic carbocycles. The van der Waals surface area contributed by atoms with E-state index in [2.05, 4.69) is 20.8 Å². The Morgan fingerprint density at radius 3 is 2.68 bits per heavy atom. The minimum atomic E-state index is -0.178. The van der Waals surface area contributed by atoms with E-state index in [1.54, 1.807) is 0 Å². The van der Waals surface area contributed by atoms with Crippen molar-refractivity contribution in [3.63, 3.8) is 0 Å². The summed E-state index contributed by atoms with van der Waals surface area (Å²) in [7, 11) is 0. The summed E-state index contributed by atoms with van der Waals surface area (Å²) in [5.74, 6) is 1.92. The van der Waals surface area contributed by atoms with Crippen LogP contribution < -0.4 is 10.6 Å². The van der Waals surface area contributed by atoms with Crippen LogP contribution in [-0.2, 0) is 6.54 Å². The summed E-state index contributed by atoms with van der Waals surface area (Å²) >= 11 is 0. The van der Waals surface area contributed by atoms with E-state index < -0.39 is 0 Å². The summed E-state index contributed by atoms with van der Waals surface area (Å²) in [6, 6.07) is 0. The molecule has 0 spiro atoms. The fourth-order valence-electron chi connectivity index (χ4n) is 2.71. The molecular formula is C15H27IN4O2. The molecule has 7 heteroatoms. The van der Waals surface area contributed by atoms with Gasteiger partial charge in [-0.25, -0.2) is 4.99 Å². The minimum absolute atomic E-state index is 0. The molecule has 0 aromatic carbocycles. The zero-order valence-electron chi connectivity index (χ0n) is 13.6. The molecule has 2 unspecified atom stereocenters. The van der Waals surface area contributed by atoms with Gasteiger partial charge in [0.15, 0.2) is 5.96 Å². The number of rotatable bonds is 5. The van der Waals surface area contributed by atoms with Crippen LogP contribution in [0, 0.1) is 19.8 Å². The zero-order valence-corrected chi connectivity index (χ0v) is 15.9. The Labute approximate surface area is 149 Å². The average Bonchev–Trinajstić information content (AvgIpc) is 3.00. The summed E-state index contributed by atoms with van der Waals surface area (Å²) in [4.78, 5) is 4.58. The molecule has 22 heavy (non-hydrogen) atoms. The summed E-state index contributed by atoms with van der Waals surface area (Å²) < 4.78 is 5.15. The summed E-state index contributed by atoms with van der Waals surface area (Å²) in [5.41, 5.74) is 1.92. The molecule has 1 aromatic heterocycles. The first-order valence-corrected chi connectivity index (χ1v) is 7.73. The summed E-state index contributed by atoms with van der Waals surface area (Å²) in [5, 5.41) is 20.4. The highest BCUT2D eigenvalue weighted by atomic mass is 127. The highest BCUT2D eigenvalue weighted by Gasteiger charge is 2.25. The lowest BCUT2D eigenvalue weighted by Crippen LogP contribution is -2.41. The van der Waals surface area contributed by atoms with E-state index in [1.165, 1.54) is 0 Å². The first-order chi connectivity index (χ1) is 10.1. The van der Waals surface area contributed by atoms with Crippen molar-refractivity contribution >= 4 is 29.9 Å². The van der Waals surface area contributed by atoms with E-state index in [0.717, 1.165) is 55.3 Å². The Bertz CT molecular complexity index is 470. The van der Waals surface area contributed by atoms with Gasteiger partial charge in [0.2, 0.25) is 0 Å². The molecule has 6 nitrogen and oxygen atoms in total. The van der Waals surface area contributed by atoms with Crippen molar-refractivity contribution in [1.29, 1.82) is 0 Å². The van der Waals surface area contributed by atoms with Crippen LogP contribution in [0.2, 0.25) is 0 Å². The summed E-state index contributed by atoms with van der Waals surface area (Å²) in [6.45, 7) is 7.98. The van der Waals surface area contributed by atoms with Gasteiger partial charge in [-0.2, -0.15) is 0 Å². The molecule has 1 saturated carbocycles. The number of aryl methyl sites for hydroxylation is 2. The molecule has 1 heterocycles. The molecule has 0 bridgehead atoms. The van der Waals surface area contributed by atoms with Gasteiger partial charge in [0.05, 0.1) is 18.3 Å². The van der Waals surface area contributed by atoms with Gasteiger partial charge in [-0.1, -0.05) is 11.6 Å². The van der Waals surface area contributed by atoms with Gasteiger partial charge in [-0.3, -0.25) is 0 Å². The van der Waals surface area contributed by atoms with Gasteiger partial charge in [-0.05, 0) is 33.6 Å². The number of aromatic nitrogens is 1. The van der Waals surface area contributed by atoms with Gasteiger partial charge in [0, 0.05) is 24.6 Å². The van der Waals surface area contributed by atoms with Crippen molar-refractivity contribution in [2.45, 2.75) is 52.7 Å². The third-order valence-electron chi connectivity index (χ3n) is 4.07. The number of nitrogens with one attached hydrogen (secondary N) is 2. The van der Waals surface area contributed by atoms with Crippen LogP contribution in [0.25, 0.3) is 0 Å². The topological polar surface area (TPSA) is 82.7 Å². The fraction of sp³-hybridized carbons (Fsp3) is 0.733. The third kappa shape index (κ3) is 5.12. The second-order valence-corrected chi connectivity index (χ2v) is 5.64. The first kappa shape index (κ1) is 19.2. The maximum absolute atomic E-state index is 9.86. The van der Waals surface area contributed by atoms with Crippen molar-refractivity contribution in [2.24, 2.45) is 10.9 Å². The van der Waals surface area contributed by atoms with Crippen LogP contribution in [-0.4, -0.2) is 35.4 Å². The van der Waals surface area contributed by atoms with Crippen molar-refractivity contribution in [2.75, 3.05) is 13.1 Å². The van der Waals surface area contributed by atoms with Crippen molar-refractivity contribution < 1.29 is 9.63 Å². The monoisotopic (exact) mass is 422 g/mol. The predicted octanol–water partition coefficient (Wildman–Crippen LogP) is 2.13. The summed E-state index contributed by atoms with van der Waals surface area (Å²) in [6.07, 6.45) is 2.93. The van der Waals surface area contributed by atoms with Gasteiger partial charge < -0.3 is 20.3 Å². The minimum Gasteiger partial charge on any atom is -0.393 e. The highest BCUT2D eigenvalue weighted by Crippen LogP contribution is 2.24. The lowest BCUT2D eigenvalue weighted by Gasteiger charge is -2.17. The molecule has 2 atom stereocenters. The van der Waals surface area contributed by atoms with E-state index >= 15 is 0 Å². The van der Waals surface area contributed by atoms with E-state index in [4.69, 9.17) is 4.52 Å². The second-order valence-electron chi connectivity index (χ2n) is 5.64. The van der Waals surface area contributed by atoms with Crippen LogP contribution in [0.3, 0.4) is 0 Å². The van der Waals surface area contributed by atoms with Crippen LogP contribution in [0.4, 0.5) is 0 Å². The van der Waals surface area contributed by atoms with Crippen LogP contribution >= 0.6 is 24.0 Å². The average molecular weight is 422 g/mol. The number of hydrogen-bond acceptors (Lipinski definition) is 4. The van der Waals surface area contributed by atoms with Crippen LogP contribution in [0.15, 0.2) is 9.52 Å². The maximum Gasteiger partial charge on any atom is 0.191 e. The van der Waals surface area contributed by atoms with Gasteiger partial charge in [0.1, 0.15) is 5.76 Å². The molecule has 0 aliphatic heterocycles. The number of aliphatic hydroxyl groups excluding tert-OH is 1. The van der Waals surface area contributed by atoms with E-state index in [1.807, 2.05) is 20.8 Å². The number of halogens is 1. The van der Waals surface area contributed by atoms with E-state index in [-0.39, 0.29) is 30.1 Å². The Balaban J connectivity index is 0.00000242. The molecule has 0 saturated heterocycles. The van der Waals surface area contributed by atoms with Crippen molar-refractivity contribution in [1.82, 2.24) is 15.8 Å². The Hall–Kier alpha value is -0.830. The maximum atomic E-state index is 9.86. The van der Waals surface area contributed by atoms with E-state index in [9.17, 15) is 5.11 Å². The predicted molar refractivity (Wildman–Crippen MR) is 97.6 cm³/mol. The SMILES string of the molecule is CCNC(=NCc1c(C)noc1C)NCC1CCCC1O.I. The zero-order chi connectivity index (χ0) is 15.2.